The number of nitrogens with zero attached hydrogens (tertiary/aromatic N) is 3. The maximum absolute atomic E-state index is 12.7. The van der Waals surface area contributed by atoms with E-state index in [1.54, 1.807) is 20.0 Å². The van der Waals surface area contributed by atoms with Gasteiger partial charge in [-0.05, 0) is 25.1 Å². The van der Waals surface area contributed by atoms with Gasteiger partial charge in [0, 0.05) is 13.1 Å². The molecule has 0 spiro atoms. The Kier molecular flexibility index (Phi) is 5.39. The highest BCUT2D eigenvalue weighted by atomic mass is 19.4. The molecule has 0 N–H and O–H groups in total. The van der Waals surface area contributed by atoms with Crippen LogP contribution in [0.1, 0.15) is 40.6 Å². The third-order valence-electron chi connectivity index (χ3n) is 4.08. The lowest BCUT2D eigenvalue weighted by Gasteiger charge is -2.21. The summed E-state index contributed by atoms with van der Waals surface area (Å²) in [5, 5.41) is 3.79. The molecule has 1 aromatic carbocycles. The monoisotopic (exact) mass is 395 g/mol. The molecule has 0 saturated carbocycles. The second-order valence-corrected chi connectivity index (χ2v) is 5.96. The third kappa shape index (κ3) is 4.33. The Balaban J connectivity index is 1.63. The summed E-state index contributed by atoms with van der Waals surface area (Å²) in [5.74, 6) is -0.342. The highest BCUT2D eigenvalue weighted by Gasteiger charge is 2.30. The number of benzene rings is 1. The number of rotatable bonds is 6. The summed E-state index contributed by atoms with van der Waals surface area (Å²) >= 11 is 0. The lowest BCUT2D eigenvalue weighted by molar-refractivity contribution is -0.137. The second-order valence-electron chi connectivity index (χ2n) is 5.96. The van der Waals surface area contributed by atoms with Crippen LogP contribution in [0, 0.1) is 0 Å². The van der Waals surface area contributed by atoms with Crippen molar-refractivity contribution in [3.63, 3.8) is 0 Å². The lowest BCUT2D eigenvalue weighted by Crippen LogP contribution is -2.30. The van der Waals surface area contributed by atoms with Crippen LogP contribution in [0.15, 0.2) is 51.8 Å². The first-order valence-electron chi connectivity index (χ1n) is 8.17. The number of amides is 1. The predicted octanol–water partition coefficient (Wildman–Crippen LogP) is 4.09. The molecule has 28 heavy (non-hydrogen) atoms. The number of aromatic nitrogens is 2. The standard InChI is InChI=1S/C18H16F3N3O4/c1-11(14-6-7-28-23-14)24(2)17(25)15-9-27-16(22-15)10-26-13-5-3-4-12(8-13)18(19,20)21/h3-9,11H,10H2,1-2H3/t11-/m0/s1. The van der Waals surface area contributed by atoms with Crippen LogP contribution in [0.4, 0.5) is 13.2 Å². The maximum atomic E-state index is 12.7. The average Bonchev–Trinajstić information content (AvgIpc) is 3.36. The molecule has 0 bridgehead atoms. The summed E-state index contributed by atoms with van der Waals surface area (Å²) in [5.41, 5.74) is -0.204. The average molecular weight is 395 g/mol. The molecule has 3 aromatic rings. The SMILES string of the molecule is C[C@@H](c1ccon1)N(C)C(=O)c1coc(COc2cccc(C(F)(F)F)c2)n1. The first-order valence-corrected chi connectivity index (χ1v) is 8.17. The van der Waals surface area contributed by atoms with Crippen molar-refractivity contribution in [2.45, 2.75) is 25.7 Å². The smallest absolute Gasteiger partial charge is 0.416 e. The fourth-order valence-electron chi connectivity index (χ4n) is 2.38. The normalized spacial score (nSPS) is 12.6. The molecule has 0 saturated heterocycles. The summed E-state index contributed by atoms with van der Waals surface area (Å²) in [7, 11) is 1.58. The third-order valence-corrected chi connectivity index (χ3v) is 4.08. The van der Waals surface area contributed by atoms with Crippen molar-refractivity contribution < 1.29 is 31.6 Å². The van der Waals surface area contributed by atoms with Crippen LogP contribution >= 0.6 is 0 Å². The number of ether oxygens (including phenoxy) is 1. The van der Waals surface area contributed by atoms with Gasteiger partial charge in [0.2, 0.25) is 5.89 Å². The number of carbonyl (C=O) groups is 1. The van der Waals surface area contributed by atoms with Crippen LogP contribution in [0.2, 0.25) is 0 Å². The van der Waals surface area contributed by atoms with Gasteiger partial charge in [0.25, 0.3) is 5.91 Å². The number of alkyl halides is 3. The van der Waals surface area contributed by atoms with Crippen LogP contribution < -0.4 is 4.74 Å². The summed E-state index contributed by atoms with van der Waals surface area (Å²) in [6, 6.07) is 5.74. The molecule has 2 aromatic heterocycles. The van der Waals surface area contributed by atoms with E-state index < -0.39 is 17.6 Å². The van der Waals surface area contributed by atoms with Gasteiger partial charge in [-0.15, -0.1) is 0 Å². The number of hydrogen-bond donors (Lipinski definition) is 0. The highest BCUT2D eigenvalue weighted by Crippen LogP contribution is 2.31. The van der Waals surface area contributed by atoms with E-state index in [9.17, 15) is 18.0 Å². The molecule has 10 heteroatoms. The van der Waals surface area contributed by atoms with Crippen molar-refractivity contribution in [2.24, 2.45) is 0 Å². The summed E-state index contributed by atoms with van der Waals surface area (Å²) < 4.78 is 53.4. The second kappa shape index (κ2) is 7.75. The Labute approximate surface area is 157 Å². The molecule has 0 unspecified atom stereocenters. The zero-order chi connectivity index (χ0) is 20.3. The zero-order valence-electron chi connectivity index (χ0n) is 14.9. The van der Waals surface area contributed by atoms with Gasteiger partial charge >= 0.3 is 6.18 Å². The zero-order valence-corrected chi connectivity index (χ0v) is 14.9. The van der Waals surface area contributed by atoms with Crippen LogP contribution in [0.3, 0.4) is 0 Å². The van der Waals surface area contributed by atoms with Crippen LogP contribution in [0.5, 0.6) is 5.75 Å². The van der Waals surface area contributed by atoms with Crippen molar-refractivity contribution in [3.8, 4) is 5.75 Å². The summed E-state index contributed by atoms with van der Waals surface area (Å²) in [6.07, 6.45) is -1.89. The minimum absolute atomic E-state index is 0.0117. The molecular weight excluding hydrogens is 379 g/mol. The molecule has 2 heterocycles. The van der Waals surface area contributed by atoms with Crippen LogP contribution in [-0.4, -0.2) is 28.0 Å². The van der Waals surface area contributed by atoms with Gasteiger partial charge in [0.1, 0.15) is 24.0 Å². The topological polar surface area (TPSA) is 81.6 Å². The lowest BCUT2D eigenvalue weighted by atomic mass is 10.2. The van der Waals surface area contributed by atoms with Crippen molar-refractivity contribution >= 4 is 5.91 Å². The van der Waals surface area contributed by atoms with Gasteiger partial charge in [-0.1, -0.05) is 11.2 Å². The van der Waals surface area contributed by atoms with Crippen molar-refractivity contribution in [2.75, 3.05) is 7.05 Å². The molecule has 148 valence electrons. The van der Waals surface area contributed by atoms with Crippen molar-refractivity contribution in [3.05, 3.63) is 65.7 Å². The molecule has 1 amide bonds. The Bertz CT molecular complexity index is 938. The first-order chi connectivity index (χ1) is 13.3. The minimum Gasteiger partial charge on any atom is -0.484 e. The fourth-order valence-corrected chi connectivity index (χ4v) is 2.38. The van der Waals surface area contributed by atoms with Crippen molar-refractivity contribution in [1.29, 1.82) is 0 Å². The van der Waals surface area contributed by atoms with Crippen LogP contribution in [-0.2, 0) is 12.8 Å². The van der Waals surface area contributed by atoms with Gasteiger partial charge in [0.05, 0.1) is 11.6 Å². The van der Waals surface area contributed by atoms with E-state index in [1.165, 1.54) is 29.6 Å². The van der Waals surface area contributed by atoms with Crippen molar-refractivity contribution in [1.82, 2.24) is 15.0 Å². The summed E-state index contributed by atoms with van der Waals surface area (Å²) in [6.45, 7) is 1.55. The van der Waals surface area contributed by atoms with Gasteiger partial charge in [-0.2, -0.15) is 13.2 Å². The molecule has 3 rings (SSSR count). The Hall–Kier alpha value is -3.30. The van der Waals surface area contributed by atoms with Gasteiger partial charge in [0.15, 0.2) is 12.3 Å². The Morgan fingerprint density at radius 3 is 2.79 bits per heavy atom. The molecule has 1 atom stereocenters. The quantitative estimate of drug-likeness (QED) is 0.625. The number of oxazole rings is 1. The molecule has 0 radical (unpaired) electrons. The number of carbonyl (C=O) groups excluding carboxylic acids is 1. The highest BCUT2D eigenvalue weighted by molar-refractivity contribution is 5.92. The largest absolute Gasteiger partial charge is 0.484 e. The van der Waals surface area contributed by atoms with E-state index in [2.05, 4.69) is 10.1 Å². The fraction of sp³-hybridized carbons (Fsp3) is 0.278. The molecule has 0 aliphatic rings. The van der Waals surface area contributed by atoms with Gasteiger partial charge in [-0.3, -0.25) is 4.79 Å². The Morgan fingerprint density at radius 1 is 1.32 bits per heavy atom. The van der Waals surface area contributed by atoms with E-state index in [-0.39, 0.29) is 30.0 Å². The van der Waals surface area contributed by atoms with E-state index >= 15 is 0 Å². The Morgan fingerprint density at radius 2 is 2.11 bits per heavy atom. The van der Waals surface area contributed by atoms with Gasteiger partial charge < -0.3 is 18.6 Å². The number of halogens is 3. The van der Waals surface area contributed by atoms with Gasteiger partial charge in [-0.25, -0.2) is 4.98 Å². The molecular formula is C18H16F3N3O4. The van der Waals surface area contributed by atoms with Crippen LogP contribution in [0.25, 0.3) is 0 Å². The number of hydrogen-bond acceptors (Lipinski definition) is 6. The predicted molar refractivity (Wildman–Crippen MR) is 89.3 cm³/mol. The van der Waals surface area contributed by atoms with E-state index in [0.717, 1.165) is 12.1 Å². The first kappa shape index (κ1) is 19.5. The molecule has 0 aliphatic heterocycles. The molecule has 0 aliphatic carbocycles. The molecule has 7 nitrogen and oxygen atoms in total. The summed E-state index contributed by atoms with van der Waals surface area (Å²) in [4.78, 5) is 17.9. The minimum atomic E-state index is -4.47. The maximum Gasteiger partial charge on any atom is 0.416 e. The van der Waals surface area contributed by atoms with E-state index in [1.807, 2.05) is 0 Å². The molecule has 0 fully saturated rings. The van der Waals surface area contributed by atoms with E-state index in [4.69, 9.17) is 13.7 Å². The van der Waals surface area contributed by atoms with E-state index in [0.29, 0.717) is 5.69 Å².